The van der Waals surface area contributed by atoms with Gasteiger partial charge >= 0.3 is 0 Å². The fourth-order valence-corrected chi connectivity index (χ4v) is 5.02. The molecule has 0 atom stereocenters. The zero-order valence-electron chi connectivity index (χ0n) is 10.3. The summed E-state index contributed by atoms with van der Waals surface area (Å²) in [5.74, 6) is 1.12. The molecule has 2 fully saturated rings. The quantitative estimate of drug-likeness (QED) is 0.583. The average molecular weight is 282 g/mol. The molecule has 1 saturated carbocycles. The molecule has 3 heterocycles. The molecule has 0 aromatic carbocycles. The fraction of sp³-hybridized carbons (Fsp3) is 0.692. The molecule has 3 aliphatic rings. The largest absolute Gasteiger partial charge is 0.356 e. The molecule has 0 N–H and O–H groups in total. The summed E-state index contributed by atoms with van der Waals surface area (Å²) in [6.45, 7) is 2.24. The summed E-state index contributed by atoms with van der Waals surface area (Å²) < 4.78 is 0.441. The number of rotatable bonds is 1. The number of thioether (sulfide) groups is 1. The molecule has 3 nitrogen and oxygen atoms in total. The van der Waals surface area contributed by atoms with Crippen LogP contribution in [0.4, 0.5) is 5.82 Å². The summed E-state index contributed by atoms with van der Waals surface area (Å²) >= 11 is 8.05. The van der Waals surface area contributed by atoms with Crippen LogP contribution < -0.4 is 4.90 Å². The molecule has 1 aromatic rings. The van der Waals surface area contributed by atoms with Crippen LogP contribution in [0.15, 0.2) is 5.03 Å². The highest BCUT2D eigenvalue weighted by Crippen LogP contribution is 2.56. The van der Waals surface area contributed by atoms with Crippen molar-refractivity contribution in [2.24, 2.45) is 0 Å². The Bertz CT molecular complexity index is 495. The summed E-state index contributed by atoms with van der Waals surface area (Å²) in [7, 11) is 0. The third kappa shape index (κ3) is 1.65. The molecule has 1 aromatic heterocycles. The molecule has 0 radical (unpaired) electrons. The van der Waals surface area contributed by atoms with Gasteiger partial charge in [-0.2, -0.15) is 0 Å². The SMILES string of the molecule is Clc1nc2c(c(N3CCCC3)n1)CC1(CCC1)S2. The van der Waals surface area contributed by atoms with Crippen LogP contribution in [0.5, 0.6) is 0 Å². The second-order valence-corrected chi connectivity index (χ2v) is 7.40. The Balaban J connectivity index is 1.75. The first-order chi connectivity index (χ1) is 8.76. The van der Waals surface area contributed by atoms with Crippen molar-refractivity contribution in [1.29, 1.82) is 0 Å². The Morgan fingerprint density at radius 3 is 2.56 bits per heavy atom. The number of nitrogens with zero attached hydrogens (tertiary/aromatic N) is 3. The van der Waals surface area contributed by atoms with E-state index in [-0.39, 0.29) is 0 Å². The van der Waals surface area contributed by atoms with E-state index in [1.807, 2.05) is 11.8 Å². The van der Waals surface area contributed by atoms with Crippen LogP contribution in [0.3, 0.4) is 0 Å². The zero-order valence-corrected chi connectivity index (χ0v) is 11.9. The van der Waals surface area contributed by atoms with E-state index in [1.165, 1.54) is 37.7 Å². The van der Waals surface area contributed by atoms with E-state index in [9.17, 15) is 0 Å². The molecule has 2 aliphatic heterocycles. The molecule has 5 heteroatoms. The summed E-state index contributed by atoms with van der Waals surface area (Å²) in [6.07, 6.45) is 7.71. The van der Waals surface area contributed by atoms with Gasteiger partial charge < -0.3 is 4.90 Å². The highest BCUT2D eigenvalue weighted by Gasteiger charge is 2.45. The van der Waals surface area contributed by atoms with E-state index in [1.54, 1.807) is 0 Å². The molecule has 0 amide bonds. The minimum atomic E-state index is 0.416. The van der Waals surface area contributed by atoms with Crippen molar-refractivity contribution in [3.05, 3.63) is 10.8 Å². The summed E-state index contributed by atoms with van der Waals surface area (Å²) in [5, 5.41) is 1.57. The number of hydrogen-bond acceptors (Lipinski definition) is 4. The van der Waals surface area contributed by atoms with Crippen molar-refractivity contribution in [1.82, 2.24) is 9.97 Å². The highest BCUT2D eigenvalue weighted by molar-refractivity contribution is 8.01. The Labute approximate surface area is 116 Å². The molecule has 96 valence electrons. The van der Waals surface area contributed by atoms with Gasteiger partial charge in [-0.05, 0) is 43.7 Å². The number of hydrogen-bond donors (Lipinski definition) is 0. The van der Waals surface area contributed by atoms with Gasteiger partial charge in [-0.1, -0.05) is 18.2 Å². The smallest absolute Gasteiger partial charge is 0.225 e. The van der Waals surface area contributed by atoms with Gasteiger partial charge in [-0.15, -0.1) is 0 Å². The minimum absolute atomic E-state index is 0.416. The van der Waals surface area contributed by atoms with E-state index >= 15 is 0 Å². The number of aromatic nitrogens is 2. The lowest BCUT2D eigenvalue weighted by molar-refractivity contribution is 0.367. The topological polar surface area (TPSA) is 29.0 Å². The lowest BCUT2D eigenvalue weighted by Crippen LogP contribution is -2.32. The molecule has 18 heavy (non-hydrogen) atoms. The van der Waals surface area contributed by atoms with Gasteiger partial charge in [0.1, 0.15) is 10.8 Å². The number of fused-ring (bicyclic) bond motifs is 1. The van der Waals surface area contributed by atoms with Crippen LogP contribution in [0, 0.1) is 0 Å². The van der Waals surface area contributed by atoms with Gasteiger partial charge in [0, 0.05) is 23.4 Å². The van der Waals surface area contributed by atoms with Crippen molar-refractivity contribution >= 4 is 29.2 Å². The van der Waals surface area contributed by atoms with Crippen molar-refractivity contribution in [3.63, 3.8) is 0 Å². The maximum absolute atomic E-state index is 6.10. The maximum Gasteiger partial charge on any atom is 0.225 e. The molecule has 4 rings (SSSR count). The van der Waals surface area contributed by atoms with E-state index in [0.29, 0.717) is 10.0 Å². The lowest BCUT2D eigenvalue weighted by Gasteiger charge is -2.36. The highest BCUT2D eigenvalue weighted by atomic mass is 35.5. The van der Waals surface area contributed by atoms with Crippen molar-refractivity contribution in [2.75, 3.05) is 18.0 Å². The summed E-state index contributed by atoms with van der Waals surface area (Å²) in [6, 6.07) is 0. The number of anilines is 1. The van der Waals surface area contributed by atoms with E-state index in [4.69, 9.17) is 11.6 Å². The van der Waals surface area contributed by atoms with E-state index in [2.05, 4.69) is 14.9 Å². The Morgan fingerprint density at radius 2 is 1.89 bits per heavy atom. The van der Waals surface area contributed by atoms with Gasteiger partial charge in [0.2, 0.25) is 5.28 Å². The normalized spacial score (nSPS) is 24.4. The molecular formula is C13H16ClN3S. The van der Waals surface area contributed by atoms with Crippen LogP contribution in [0.1, 0.15) is 37.7 Å². The molecule has 0 bridgehead atoms. The molecule has 0 unspecified atom stereocenters. The van der Waals surface area contributed by atoms with E-state index in [0.717, 1.165) is 30.4 Å². The van der Waals surface area contributed by atoms with Crippen molar-refractivity contribution in [3.8, 4) is 0 Å². The fourth-order valence-electron chi connectivity index (χ4n) is 3.27. The van der Waals surface area contributed by atoms with Crippen LogP contribution in [0.25, 0.3) is 0 Å². The van der Waals surface area contributed by atoms with Crippen LogP contribution >= 0.6 is 23.4 Å². The Hall–Kier alpha value is -0.480. The van der Waals surface area contributed by atoms with Crippen molar-refractivity contribution in [2.45, 2.75) is 48.3 Å². The maximum atomic E-state index is 6.10. The molecule has 1 saturated heterocycles. The standard InChI is InChI=1S/C13H16ClN3S/c14-12-15-10(17-6-1-2-7-17)9-8-13(4-3-5-13)18-11(9)16-12/h1-8H2. The van der Waals surface area contributed by atoms with E-state index < -0.39 is 0 Å². The number of halogens is 1. The van der Waals surface area contributed by atoms with Gasteiger partial charge in [0.15, 0.2) is 0 Å². The molecule has 1 spiro atoms. The third-order valence-corrected chi connectivity index (χ3v) is 6.09. The van der Waals surface area contributed by atoms with Crippen LogP contribution in [-0.4, -0.2) is 27.8 Å². The zero-order chi connectivity index (χ0) is 12.2. The minimum Gasteiger partial charge on any atom is -0.356 e. The molecular weight excluding hydrogens is 266 g/mol. The van der Waals surface area contributed by atoms with Crippen LogP contribution in [0.2, 0.25) is 5.28 Å². The second-order valence-electron chi connectivity index (χ2n) is 5.61. The van der Waals surface area contributed by atoms with Crippen molar-refractivity contribution < 1.29 is 0 Å². The van der Waals surface area contributed by atoms with Gasteiger partial charge in [0.25, 0.3) is 0 Å². The van der Waals surface area contributed by atoms with Gasteiger partial charge in [-0.3, -0.25) is 0 Å². The predicted octanol–water partition coefficient (Wildman–Crippen LogP) is 3.30. The van der Waals surface area contributed by atoms with Gasteiger partial charge in [-0.25, -0.2) is 9.97 Å². The summed E-state index contributed by atoms with van der Waals surface area (Å²) in [5.41, 5.74) is 1.37. The summed E-state index contributed by atoms with van der Waals surface area (Å²) in [4.78, 5) is 11.4. The first kappa shape index (κ1) is 11.4. The lowest BCUT2D eigenvalue weighted by atomic mass is 9.80. The second kappa shape index (κ2) is 4.01. The Kier molecular flexibility index (Phi) is 2.53. The van der Waals surface area contributed by atoms with Crippen LogP contribution in [-0.2, 0) is 6.42 Å². The average Bonchev–Trinajstić information content (AvgIpc) is 2.93. The monoisotopic (exact) mass is 281 g/mol. The van der Waals surface area contributed by atoms with Gasteiger partial charge in [0.05, 0.1) is 0 Å². The first-order valence-corrected chi connectivity index (χ1v) is 7.96. The predicted molar refractivity (Wildman–Crippen MR) is 74.6 cm³/mol. The molecule has 1 aliphatic carbocycles. The first-order valence-electron chi connectivity index (χ1n) is 6.76. The Morgan fingerprint density at radius 1 is 1.11 bits per heavy atom. The third-order valence-electron chi connectivity index (χ3n) is 4.40.